The Balaban J connectivity index is 3.41. The van der Waals surface area contributed by atoms with Crippen molar-refractivity contribution in [2.24, 2.45) is 11.1 Å². The van der Waals surface area contributed by atoms with E-state index in [1.54, 1.807) is 6.92 Å². The third kappa shape index (κ3) is 1.89. The smallest absolute Gasteiger partial charge is 0.200 e. The predicted molar refractivity (Wildman–Crippen MR) is 59.0 cm³/mol. The summed E-state index contributed by atoms with van der Waals surface area (Å²) in [6, 6.07) is 2.29. The summed E-state index contributed by atoms with van der Waals surface area (Å²) >= 11 is 0. The molecule has 0 aromatic heterocycles. The quantitative estimate of drug-likeness (QED) is 0.777. The summed E-state index contributed by atoms with van der Waals surface area (Å²) in [5.74, 6) is -3.04. The van der Waals surface area contributed by atoms with Crippen LogP contribution in [0.3, 0.4) is 0 Å². The highest BCUT2D eigenvalue weighted by atomic mass is 19.2. The SMILES string of the molecule is CC(C)(C)C(C)(N)c1ccc(F)c(F)c1O. The number of halogens is 2. The number of phenolic OH excluding ortho intramolecular Hbond substituents is 1. The molecule has 0 saturated carbocycles. The van der Waals surface area contributed by atoms with Crippen LogP contribution in [-0.2, 0) is 5.54 Å². The maximum atomic E-state index is 13.2. The van der Waals surface area contributed by atoms with Gasteiger partial charge in [-0.25, -0.2) is 4.39 Å². The molecular formula is C12H17F2NO. The Bertz CT molecular complexity index is 408. The molecule has 0 aliphatic rings. The highest BCUT2D eigenvalue weighted by Gasteiger charge is 2.38. The average Bonchev–Trinajstić information content (AvgIpc) is 2.12. The van der Waals surface area contributed by atoms with Gasteiger partial charge in [0.25, 0.3) is 0 Å². The van der Waals surface area contributed by atoms with Crippen molar-refractivity contribution in [3.63, 3.8) is 0 Å². The van der Waals surface area contributed by atoms with Crippen molar-refractivity contribution >= 4 is 0 Å². The fourth-order valence-electron chi connectivity index (χ4n) is 1.36. The summed E-state index contributed by atoms with van der Waals surface area (Å²) < 4.78 is 26.1. The molecule has 2 nitrogen and oxygen atoms in total. The maximum absolute atomic E-state index is 13.2. The molecule has 1 aromatic carbocycles. The van der Waals surface area contributed by atoms with Crippen molar-refractivity contribution < 1.29 is 13.9 Å². The Morgan fingerprint density at radius 2 is 1.62 bits per heavy atom. The van der Waals surface area contributed by atoms with Crippen LogP contribution in [0.25, 0.3) is 0 Å². The van der Waals surface area contributed by atoms with Gasteiger partial charge in [0, 0.05) is 11.1 Å². The molecule has 0 aliphatic carbocycles. The first-order valence-corrected chi connectivity index (χ1v) is 5.05. The van der Waals surface area contributed by atoms with Gasteiger partial charge in [0.05, 0.1) is 0 Å². The highest BCUT2D eigenvalue weighted by molar-refractivity contribution is 5.40. The van der Waals surface area contributed by atoms with E-state index in [4.69, 9.17) is 5.73 Å². The standard InChI is InChI=1S/C12H17F2NO/c1-11(2,3)12(4,15)7-5-6-8(13)9(14)10(7)16/h5-6,16H,15H2,1-4H3. The Morgan fingerprint density at radius 1 is 1.12 bits per heavy atom. The van der Waals surface area contributed by atoms with E-state index in [-0.39, 0.29) is 5.56 Å². The predicted octanol–water partition coefficient (Wildman–Crippen LogP) is 2.89. The first-order chi connectivity index (χ1) is 7.09. The average molecular weight is 229 g/mol. The van der Waals surface area contributed by atoms with E-state index in [0.29, 0.717) is 0 Å². The number of phenols is 1. The first-order valence-electron chi connectivity index (χ1n) is 5.05. The maximum Gasteiger partial charge on any atom is 0.200 e. The van der Waals surface area contributed by atoms with Gasteiger partial charge in [-0.05, 0) is 18.4 Å². The van der Waals surface area contributed by atoms with Gasteiger partial charge in [0.1, 0.15) is 0 Å². The molecule has 0 radical (unpaired) electrons. The Kier molecular flexibility index (Phi) is 2.98. The van der Waals surface area contributed by atoms with E-state index < -0.39 is 28.3 Å². The summed E-state index contributed by atoms with van der Waals surface area (Å²) in [7, 11) is 0. The minimum absolute atomic E-state index is 0.207. The number of rotatable bonds is 1. The lowest BCUT2D eigenvalue weighted by atomic mass is 9.71. The summed E-state index contributed by atoms with van der Waals surface area (Å²) in [5, 5.41) is 9.58. The minimum Gasteiger partial charge on any atom is -0.505 e. The van der Waals surface area contributed by atoms with E-state index in [1.807, 2.05) is 20.8 Å². The van der Waals surface area contributed by atoms with Gasteiger partial charge in [-0.15, -0.1) is 0 Å². The molecule has 0 saturated heterocycles. The van der Waals surface area contributed by atoms with Crippen LogP contribution >= 0.6 is 0 Å². The molecule has 4 heteroatoms. The minimum atomic E-state index is -1.25. The van der Waals surface area contributed by atoms with Gasteiger partial charge >= 0.3 is 0 Å². The zero-order valence-corrected chi connectivity index (χ0v) is 9.94. The lowest BCUT2D eigenvalue weighted by Crippen LogP contribution is -2.45. The Morgan fingerprint density at radius 3 is 2.06 bits per heavy atom. The van der Waals surface area contributed by atoms with Crippen molar-refractivity contribution in [1.29, 1.82) is 0 Å². The van der Waals surface area contributed by atoms with E-state index >= 15 is 0 Å². The molecule has 3 N–H and O–H groups in total. The van der Waals surface area contributed by atoms with Gasteiger partial charge in [-0.3, -0.25) is 0 Å². The largest absolute Gasteiger partial charge is 0.505 e. The number of aromatic hydroxyl groups is 1. The van der Waals surface area contributed by atoms with Gasteiger partial charge in [0.2, 0.25) is 5.82 Å². The molecular weight excluding hydrogens is 212 g/mol. The summed E-state index contributed by atoms with van der Waals surface area (Å²) in [4.78, 5) is 0. The van der Waals surface area contributed by atoms with Crippen LogP contribution in [0, 0.1) is 17.0 Å². The molecule has 0 amide bonds. The second kappa shape index (κ2) is 3.70. The first kappa shape index (κ1) is 12.9. The molecule has 0 heterocycles. The molecule has 0 fully saturated rings. The fraction of sp³-hybridized carbons (Fsp3) is 0.500. The van der Waals surface area contributed by atoms with Crippen LogP contribution in [0.15, 0.2) is 12.1 Å². The number of hydrogen-bond donors (Lipinski definition) is 2. The monoisotopic (exact) mass is 229 g/mol. The number of nitrogens with two attached hydrogens (primary N) is 1. The molecule has 1 aromatic rings. The molecule has 90 valence electrons. The van der Waals surface area contributed by atoms with Crippen LogP contribution in [0.5, 0.6) is 5.75 Å². The van der Waals surface area contributed by atoms with Gasteiger partial charge < -0.3 is 10.8 Å². The van der Waals surface area contributed by atoms with E-state index in [0.717, 1.165) is 6.07 Å². The van der Waals surface area contributed by atoms with Gasteiger partial charge in [0.15, 0.2) is 11.6 Å². The zero-order valence-electron chi connectivity index (χ0n) is 9.94. The molecule has 1 atom stereocenters. The van der Waals surface area contributed by atoms with E-state index in [1.165, 1.54) is 6.07 Å². The summed E-state index contributed by atoms with van der Waals surface area (Å²) in [6.45, 7) is 7.29. The van der Waals surface area contributed by atoms with Crippen molar-refractivity contribution in [3.05, 3.63) is 29.3 Å². The van der Waals surface area contributed by atoms with E-state index in [9.17, 15) is 13.9 Å². The summed E-state index contributed by atoms with van der Waals surface area (Å²) in [5.41, 5.74) is 4.95. The van der Waals surface area contributed by atoms with Crippen molar-refractivity contribution in [1.82, 2.24) is 0 Å². The fourth-order valence-corrected chi connectivity index (χ4v) is 1.36. The summed E-state index contributed by atoms with van der Waals surface area (Å²) in [6.07, 6.45) is 0. The number of benzene rings is 1. The van der Waals surface area contributed by atoms with Crippen LogP contribution in [0.2, 0.25) is 0 Å². The Hall–Kier alpha value is -1.16. The molecule has 1 unspecified atom stereocenters. The van der Waals surface area contributed by atoms with Gasteiger partial charge in [-0.1, -0.05) is 26.8 Å². The second-order valence-electron chi connectivity index (χ2n) is 5.21. The zero-order chi connectivity index (χ0) is 12.7. The molecule has 0 spiro atoms. The lowest BCUT2D eigenvalue weighted by Gasteiger charge is -2.39. The number of hydrogen-bond acceptors (Lipinski definition) is 2. The van der Waals surface area contributed by atoms with Gasteiger partial charge in [-0.2, -0.15) is 4.39 Å². The normalized spacial score (nSPS) is 15.9. The third-order valence-electron chi connectivity index (χ3n) is 3.19. The molecule has 16 heavy (non-hydrogen) atoms. The van der Waals surface area contributed by atoms with Crippen LogP contribution in [0.1, 0.15) is 33.3 Å². The van der Waals surface area contributed by atoms with Crippen LogP contribution in [0.4, 0.5) is 8.78 Å². The second-order valence-corrected chi connectivity index (χ2v) is 5.21. The van der Waals surface area contributed by atoms with Crippen LogP contribution in [-0.4, -0.2) is 5.11 Å². The van der Waals surface area contributed by atoms with Crippen LogP contribution < -0.4 is 5.73 Å². The molecule has 1 rings (SSSR count). The lowest BCUT2D eigenvalue weighted by molar-refractivity contribution is 0.203. The highest BCUT2D eigenvalue weighted by Crippen LogP contribution is 2.41. The van der Waals surface area contributed by atoms with Crippen molar-refractivity contribution in [2.45, 2.75) is 33.2 Å². The van der Waals surface area contributed by atoms with Crippen molar-refractivity contribution in [2.75, 3.05) is 0 Å². The molecule has 0 bridgehead atoms. The third-order valence-corrected chi connectivity index (χ3v) is 3.19. The Labute approximate surface area is 94.1 Å². The molecule has 0 aliphatic heterocycles. The van der Waals surface area contributed by atoms with Crippen molar-refractivity contribution in [3.8, 4) is 5.75 Å². The topological polar surface area (TPSA) is 46.2 Å². The van der Waals surface area contributed by atoms with E-state index in [2.05, 4.69) is 0 Å².